The van der Waals surface area contributed by atoms with Gasteiger partial charge in [-0.15, -0.1) is 10.2 Å². The van der Waals surface area contributed by atoms with Crippen molar-refractivity contribution >= 4 is 11.5 Å². The first-order valence-corrected chi connectivity index (χ1v) is 7.21. The zero-order valence-electron chi connectivity index (χ0n) is 12.3. The maximum Gasteiger partial charge on any atom is 0.203 e. The Labute approximate surface area is 124 Å². The van der Waals surface area contributed by atoms with E-state index in [9.17, 15) is 0 Å². The van der Waals surface area contributed by atoms with Crippen molar-refractivity contribution < 1.29 is 0 Å². The quantitative estimate of drug-likeness (QED) is 0.781. The highest BCUT2D eigenvalue weighted by Crippen LogP contribution is 2.19. The Kier molecular flexibility index (Phi) is 3.81. The van der Waals surface area contributed by atoms with Gasteiger partial charge in [0, 0.05) is 18.9 Å². The van der Waals surface area contributed by atoms with Crippen LogP contribution in [0.1, 0.15) is 30.7 Å². The summed E-state index contributed by atoms with van der Waals surface area (Å²) < 4.78 is 1.94. The van der Waals surface area contributed by atoms with Crippen LogP contribution in [0.3, 0.4) is 0 Å². The molecule has 0 aliphatic heterocycles. The molecule has 0 aliphatic carbocycles. The van der Waals surface area contributed by atoms with Gasteiger partial charge in [-0.1, -0.05) is 37.3 Å². The van der Waals surface area contributed by atoms with Crippen molar-refractivity contribution in [1.29, 1.82) is 0 Å². The van der Waals surface area contributed by atoms with E-state index in [1.807, 2.05) is 23.6 Å². The molecule has 1 N–H and O–H groups in total. The summed E-state index contributed by atoms with van der Waals surface area (Å²) in [6, 6.07) is 10.6. The lowest BCUT2D eigenvalue weighted by atomic mass is 9.98. The summed E-state index contributed by atoms with van der Waals surface area (Å²) >= 11 is 0. The number of benzene rings is 1. The van der Waals surface area contributed by atoms with Gasteiger partial charge in [0.1, 0.15) is 5.82 Å². The maximum atomic E-state index is 4.36. The van der Waals surface area contributed by atoms with Gasteiger partial charge < -0.3 is 5.32 Å². The summed E-state index contributed by atoms with van der Waals surface area (Å²) in [4.78, 5) is 4.36. The fraction of sp³-hybridized carbons (Fsp3) is 0.312. The Morgan fingerprint density at radius 1 is 1.19 bits per heavy atom. The molecule has 0 radical (unpaired) electrons. The number of rotatable bonds is 5. The molecule has 0 spiro atoms. The second-order valence-electron chi connectivity index (χ2n) is 5.24. The number of aromatic nitrogens is 4. The minimum atomic E-state index is 0.512. The van der Waals surface area contributed by atoms with E-state index in [1.54, 1.807) is 6.20 Å². The highest BCUT2D eigenvalue weighted by Gasteiger charge is 2.08. The monoisotopic (exact) mass is 281 g/mol. The van der Waals surface area contributed by atoms with Gasteiger partial charge in [-0.3, -0.25) is 4.40 Å². The SMILES string of the molecule is Cc1nnc2c(NCCC(C)c3ccccc3)nccn12. The van der Waals surface area contributed by atoms with Crippen LogP contribution < -0.4 is 5.32 Å². The van der Waals surface area contributed by atoms with Crippen molar-refractivity contribution in [2.45, 2.75) is 26.2 Å². The van der Waals surface area contributed by atoms with Crippen molar-refractivity contribution in [1.82, 2.24) is 19.6 Å². The first-order chi connectivity index (χ1) is 10.3. The number of hydrogen-bond donors (Lipinski definition) is 1. The third-order valence-corrected chi connectivity index (χ3v) is 3.74. The van der Waals surface area contributed by atoms with E-state index < -0.39 is 0 Å². The molecule has 3 rings (SSSR count). The average Bonchev–Trinajstić information content (AvgIpc) is 2.91. The van der Waals surface area contributed by atoms with Crippen LogP contribution in [0.5, 0.6) is 0 Å². The highest BCUT2D eigenvalue weighted by atomic mass is 15.3. The van der Waals surface area contributed by atoms with Crippen molar-refractivity contribution in [2.75, 3.05) is 11.9 Å². The number of hydrogen-bond acceptors (Lipinski definition) is 4. The molecule has 108 valence electrons. The topological polar surface area (TPSA) is 55.1 Å². The molecule has 0 saturated carbocycles. The zero-order chi connectivity index (χ0) is 14.7. The van der Waals surface area contributed by atoms with E-state index in [2.05, 4.69) is 51.7 Å². The lowest BCUT2D eigenvalue weighted by molar-refractivity contribution is 0.705. The molecule has 1 unspecified atom stereocenters. The van der Waals surface area contributed by atoms with Gasteiger partial charge in [-0.05, 0) is 24.8 Å². The van der Waals surface area contributed by atoms with Crippen molar-refractivity contribution in [3.8, 4) is 0 Å². The van der Waals surface area contributed by atoms with E-state index in [1.165, 1.54) is 5.56 Å². The lowest BCUT2D eigenvalue weighted by Crippen LogP contribution is -2.08. The largest absolute Gasteiger partial charge is 0.367 e. The Morgan fingerprint density at radius 3 is 2.81 bits per heavy atom. The normalized spacial score (nSPS) is 12.5. The summed E-state index contributed by atoms with van der Waals surface area (Å²) in [6.07, 6.45) is 4.69. The van der Waals surface area contributed by atoms with Crippen LogP contribution >= 0.6 is 0 Å². The molecule has 0 saturated heterocycles. The van der Waals surface area contributed by atoms with Gasteiger partial charge in [0.2, 0.25) is 5.65 Å². The molecule has 1 aromatic carbocycles. The molecule has 3 aromatic rings. The summed E-state index contributed by atoms with van der Waals surface area (Å²) in [6.45, 7) is 5.03. The van der Waals surface area contributed by atoms with Crippen LogP contribution in [0.4, 0.5) is 5.82 Å². The van der Waals surface area contributed by atoms with Crippen molar-refractivity contribution in [2.24, 2.45) is 0 Å². The van der Waals surface area contributed by atoms with Gasteiger partial charge in [0.25, 0.3) is 0 Å². The molecule has 0 aliphatic rings. The van der Waals surface area contributed by atoms with E-state index in [-0.39, 0.29) is 0 Å². The Morgan fingerprint density at radius 2 is 2.00 bits per heavy atom. The van der Waals surface area contributed by atoms with E-state index in [0.717, 1.165) is 30.3 Å². The zero-order valence-corrected chi connectivity index (χ0v) is 12.3. The number of anilines is 1. The van der Waals surface area contributed by atoms with E-state index in [4.69, 9.17) is 0 Å². The van der Waals surface area contributed by atoms with Crippen LogP contribution in [-0.4, -0.2) is 26.1 Å². The summed E-state index contributed by atoms with van der Waals surface area (Å²) in [5.74, 6) is 2.17. The molecular formula is C16H19N5. The molecule has 2 heterocycles. The number of aryl methyl sites for hydroxylation is 1. The predicted octanol–water partition coefficient (Wildman–Crippen LogP) is 3.04. The van der Waals surface area contributed by atoms with Crippen molar-refractivity contribution in [3.05, 3.63) is 54.1 Å². The Bertz CT molecular complexity index is 720. The highest BCUT2D eigenvalue weighted by molar-refractivity contribution is 5.61. The second-order valence-corrected chi connectivity index (χ2v) is 5.24. The standard InChI is InChI=1S/C16H19N5/c1-12(14-6-4-3-5-7-14)8-9-17-15-16-20-19-13(2)21(16)11-10-18-15/h3-7,10-12H,8-9H2,1-2H3,(H,17,18). The van der Waals surface area contributed by atoms with Gasteiger partial charge in [-0.25, -0.2) is 4.98 Å². The third-order valence-electron chi connectivity index (χ3n) is 3.74. The molecule has 21 heavy (non-hydrogen) atoms. The molecule has 1 atom stereocenters. The minimum Gasteiger partial charge on any atom is -0.367 e. The first kappa shape index (κ1) is 13.5. The smallest absolute Gasteiger partial charge is 0.203 e. The van der Waals surface area contributed by atoms with Gasteiger partial charge in [0.05, 0.1) is 0 Å². The van der Waals surface area contributed by atoms with Crippen LogP contribution in [0.15, 0.2) is 42.7 Å². The lowest BCUT2D eigenvalue weighted by Gasteiger charge is -2.12. The molecular weight excluding hydrogens is 262 g/mol. The molecule has 5 heteroatoms. The van der Waals surface area contributed by atoms with Crippen LogP contribution in [-0.2, 0) is 0 Å². The third kappa shape index (κ3) is 2.86. The van der Waals surface area contributed by atoms with Gasteiger partial charge in [-0.2, -0.15) is 0 Å². The van der Waals surface area contributed by atoms with Crippen molar-refractivity contribution in [3.63, 3.8) is 0 Å². The molecule has 0 fully saturated rings. The molecule has 2 aromatic heterocycles. The minimum absolute atomic E-state index is 0.512. The number of fused-ring (bicyclic) bond motifs is 1. The van der Waals surface area contributed by atoms with Crippen LogP contribution in [0.25, 0.3) is 5.65 Å². The molecule has 5 nitrogen and oxygen atoms in total. The van der Waals surface area contributed by atoms with Gasteiger partial charge in [0.15, 0.2) is 5.82 Å². The Balaban J connectivity index is 1.65. The number of nitrogens with zero attached hydrogens (tertiary/aromatic N) is 4. The maximum absolute atomic E-state index is 4.36. The van der Waals surface area contributed by atoms with Crippen LogP contribution in [0, 0.1) is 6.92 Å². The Hall–Kier alpha value is -2.43. The fourth-order valence-electron chi connectivity index (χ4n) is 2.42. The molecule has 0 bridgehead atoms. The van der Waals surface area contributed by atoms with Crippen LogP contribution in [0.2, 0.25) is 0 Å². The summed E-state index contributed by atoms with van der Waals surface area (Å²) in [7, 11) is 0. The number of nitrogens with one attached hydrogen (secondary N) is 1. The second kappa shape index (κ2) is 5.91. The summed E-state index contributed by atoms with van der Waals surface area (Å²) in [5, 5.41) is 11.6. The first-order valence-electron chi connectivity index (χ1n) is 7.21. The average molecular weight is 281 g/mol. The van der Waals surface area contributed by atoms with E-state index >= 15 is 0 Å². The van der Waals surface area contributed by atoms with Gasteiger partial charge >= 0.3 is 0 Å². The predicted molar refractivity (Wildman–Crippen MR) is 83.5 cm³/mol. The van der Waals surface area contributed by atoms with E-state index in [0.29, 0.717) is 5.92 Å². The summed E-state index contributed by atoms with van der Waals surface area (Å²) in [5.41, 5.74) is 2.14. The molecule has 0 amide bonds. The fourth-order valence-corrected chi connectivity index (χ4v) is 2.42.